The molecule has 21 heavy (non-hydrogen) atoms. The van der Waals surface area contributed by atoms with Crippen LogP contribution in [0.1, 0.15) is 44.9 Å². The standard InChI is InChI=1S/C15H25N5O/c1-2-12-17-13(19-16)9-14(18-12)20-8-7-15(21)6-4-3-5-11(15)10-20/h9,11,21H,2-8,10,16H2,1H3,(H,17,18,19). The zero-order valence-corrected chi connectivity index (χ0v) is 12.7. The Hall–Kier alpha value is -1.40. The lowest BCUT2D eigenvalue weighted by atomic mass is 9.71. The van der Waals surface area contributed by atoms with Gasteiger partial charge >= 0.3 is 0 Å². The number of aromatic nitrogens is 2. The maximum Gasteiger partial charge on any atom is 0.145 e. The summed E-state index contributed by atoms with van der Waals surface area (Å²) in [4.78, 5) is 11.2. The normalized spacial score (nSPS) is 29.1. The second-order valence-corrected chi connectivity index (χ2v) is 6.27. The predicted molar refractivity (Wildman–Crippen MR) is 83.0 cm³/mol. The molecule has 1 saturated heterocycles. The molecular weight excluding hydrogens is 266 g/mol. The van der Waals surface area contributed by atoms with Gasteiger partial charge in [0.05, 0.1) is 5.60 Å². The molecule has 1 saturated carbocycles. The van der Waals surface area contributed by atoms with E-state index in [1.165, 1.54) is 6.42 Å². The lowest BCUT2D eigenvalue weighted by molar-refractivity contribution is -0.0613. The number of nitrogens with two attached hydrogens (primary N) is 1. The molecule has 2 fully saturated rings. The predicted octanol–water partition coefficient (Wildman–Crippen LogP) is 1.46. The Labute approximate surface area is 125 Å². The van der Waals surface area contributed by atoms with Gasteiger partial charge in [-0.05, 0) is 19.3 Å². The van der Waals surface area contributed by atoms with Gasteiger partial charge in [0.15, 0.2) is 0 Å². The van der Waals surface area contributed by atoms with Gasteiger partial charge in [-0.1, -0.05) is 19.8 Å². The first kappa shape index (κ1) is 14.5. The Balaban J connectivity index is 1.81. The summed E-state index contributed by atoms with van der Waals surface area (Å²) in [7, 11) is 0. The third-order valence-corrected chi connectivity index (χ3v) is 4.97. The molecule has 2 aliphatic rings. The van der Waals surface area contributed by atoms with E-state index in [9.17, 15) is 5.11 Å². The van der Waals surface area contributed by atoms with Crippen LogP contribution in [0.25, 0.3) is 0 Å². The van der Waals surface area contributed by atoms with Crippen LogP contribution in [0.15, 0.2) is 6.07 Å². The van der Waals surface area contributed by atoms with Gasteiger partial charge in [0, 0.05) is 31.5 Å². The van der Waals surface area contributed by atoms with Crippen molar-refractivity contribution in [2.75, 3.05) is 23.4 Å². The number of hydrogen-bond acceptors (Lipinski definition) is 6. The number of nitrogens with zero attached hydrogens (tertiary/aromatic N) is 3. The van der Waals surface area contributed by atoms with Gasteiger partial charge in [-0.25, -0.2) is 15.8 Å². The molecule has 116 valence electrons. The number of hydrazine groups is 1. The number of rotatable bonds is 3. The Kier molecular flexibility index (Phi) is 3.99. The Bertz CT molecular complexity index is 487. The van der Waals surface area contributed by atoms with Gasteiger partial charge in [0.2, 0.25) is 0 Å². The van der Waals surface area contributed by atoms with E-state index in [1.807, 2.05) is 13.0 Å². The zero-order valence-electron chi connectivity index (χ0n) is 12.7. The summed E-state index contributed by atoms with van der Waals surface area (Å²) in [6, 6.07) is 1.90. The van der Waals surface area contributed by atoms with Gasteiger partial charge in [0.1, 0.15) is 17.5 Å². The summed E-state index contributed by atoms with van der Waals surface area (Å²) in [5, 5.41) is 10.8. The third kappa shape index (κ3) is 2.82. The van der Waals surface area contributed by atoms with Gasteiger partial charge in [-0.15, -0.1) is 0 Å². The van der Waals surface area contributed by atoms with Crippen molar-refractivity contribution in [2.24, 2.45) is 11.8 Å². The highest BCUT2D eigenvalue weighted by Crippen LogP contribution is 2.40. The van der Waals surface area contributed by atoms with E-state index < -0.39 is 5.60 Å². The number of aryl methyl sites for hydroxylation is 1. The maximum atomic E-state index is 10.8. The molecule has 3 rings (SSSR count). The minimum absolute atomic E-state index is 0.356. The largest absolute Gasteiger partial charge is 0.389 e. The lowest BCUT2D eigenvalue weighted by Crippen LogP contribution is -2.53. The van der Waals surface area contributed by atoms with E-state index in [2.05, 4.69) is 20.3 Å². The molecule has 0 amide bonds. The van der Waals surface area contributed by atoms with Gasteiger partial charge < -0.3 is 15.4 Å². The first-order valence-corrected chi connectivity index (χ1v) is 7.96. The monoisotopic (exact) mass is 291 g/mol. The lowest BCUT2D eigenvalue weighted by Gasteiger charge is -2.47. The minimum atomic E-state index is -0.454. The number of piperidine rings is 1. The second-order valence-electron chi connectivity index (χ2n) is 6.27. The average Bonchev–Trinajstić information content (AvgIpc) is 2.53. The van der Waals surface area contributed by atoms with E-state index in [0.29, 0.717) is 11.7 Å². The van der Waals surface area contributed by atoms with Crippen LogP contribution < -0.4 is 16.2 Å². The molecular formula is C15H25N5O. The molecule has 0 radical (unpaired) electrons. The van der Waals surface area contributed by atoms with Crippen molar-refractivity contribution in [2.45, 2.75) is 51.0 Å². The summed E-state index contributed by atoms with van der Waals surface area (Å²) in [5.74, 6) is 8.23. The molecule has 1 aromatic rings. The van der Waals surface area contributed by atoms with Crippen molar-refractivity contribution in [3.8, 4) is 0 Å². The number of nitrogen functional groups attached to an aromatic ring is 1. The van der Waals surface area contributed by atoms with Crippen LogP contribution in [0.2, 0.25) is 0 Å². The van der Waals surface area contributed by atoms with E-state index in [4.69, 9.17) is 5.84 Å². The van der Waals surface area contributed by atoms with Gasteiger partial charge in [0.25, 0.3) is 0 Å². The van der Waals surface area contributed by atoms with E-state index in [-0.39, 0.29) is 0 Å². The van der Waals surface area contributed by atoms with E-state index in [1.54, 1.807) is 0 Å². The first-order chi connectivity index (χ1) is 10.1. The van der Waals surface area contributed by atoms with Crippen molar-refractivity contribution in [3.05, 3.63) is 11.9 Å². The van der Waals surface area contributed by atoms with Gasteiger partial charge in [-0.3, -0.25) is 0 Å². The fourth-order valence-corrected chi connectivity index (χ4v) is 3.66. The highest BCUT2D eigenvalue weighted by Gasteiger charge is 2.43. The van der Waals surface area contributed by atoms with Crippen LogP contribution in [0.3, 0.4) is 0 Å². The molecule has 2 atom stereocenters. The zero-order chi connectivity index (χ0) is 14.9. The molecule has 1 aromatic heterocycles. The van der Waals surface area contributed by atoms with Crippen molar-refractivity contribution >= 4 is 11.6 Å². The molecule has 6 nitrogen and oxygen atoms in total. The van der Waals surface area contributed by atoms with Crippen LogP contribution >= 0.6 is 0 Å². The Morgan fingerprint density at radius 3 is 3.05 bits per heavy atom. The van der Waals surface area contributed by atoms with Gasteiger partial charge in [-0.2, -0.15) is 0 Å². The summed E-state index contributed by atoms with van der Waals surface area (Å²) >= 11 is 0. The first-order valence-electron chi connectivity index (χ1n) is 7.96. The molecule has 1 aliphatic heterocycles. The molecule has 4 N–H and O–H groups in total. The second kappa shape index (κ2) is 5.77. The van der Waals surface area contributed by atoms with E-state index in [0.717, 1.165) is 56.8 Å². The van der Waals surface area contributed by atoms with Crippen LogP contribution in [-0.4, -0.2) is 33.8 Å². The molecule has 0 aromatic carbocycles. The number of anilines is 2. The SMILES string of the molecule is CCc1nc(NN)cc(N2CCC3(O)CCCCC3C2)n1. The van der Waals surface area contributed by atoms with Crippen LogP contribution in [0.4, 0.5) is 11.6 Å². The Morgan fingerprint density at radius 1 is 1.43 bits per heavy atom. The molecule has 2 unspecified atom stereocenters. The highest BCUT2D eigenvalue weighted by molar-refractivity contribution is 5.49. The summed E-state index contributed by atoms with van der Waals surface area (Å²) in [6.45, 7) is 3.76. The van der Waals surface area contributed by atoms with Crippen molar-refractivity contribution in [1.29, 1.82) is 0 Å². The third-order valence-electron chi connectivity index (χ3n) is 4.97. The Morgan fingerprint density at radius 2 is 2.29 bits per heavy atom. The fourth-order valence-electron chi connectivity index (χ4n) is 3.66. The highest BCUT2D eigenvalue weighted by atomic mass is 16.3. The molecule has 6 heteroatoms. The smallest absolute Gasteiger partial charge is 0.145 e. The number of fused-ring (bicyclic) bond motifs is 1. The fraction of sp³-hybridized carbons (Fsp3) is 0.733. The summed E-state index contributed by atoms with van der Waals surface area (Å²) in [6.07, 6.45) is 6.05. The number of aliphatic hydroxyl groups is 1. The summed E-state index contributed by atoms with van der Waals surface area (Å²) < 4.78 is 0. The maximum absolute atomic E-state index is 10.8. The van der Waals surface area contributed by atoms with Crippen LogP contribution in [0.5, 0.6) is 0 Å². The average molecular weight is 291 g/mol. The van der Waals surface area contributed by atoms with E-state index >= 15 is 0 Å². The molecule has 0 spiro atoms. The van der Waals surface area contributed by atoms with Crippen molar-refractivity contribution in [3.63, 3.8) is 0 Å². The topological polar surface area (TPSA) is 87.3 Å². The van der Waals surface area contributed by atoms with Crippen LogP contribution in [-0.2, 0) is 6.42 Å². The quantitative estimate of drug-likeness (QED) is 0.577. The molecule has 2 heterocycles. The number of hydrogen-bond donors (Lipinski definition) is 3. The molecule has 0 bridgehead atoms. The minimum Gasteiger partial charge on any atom is -0.389 e. The van der Waals surface area contributed by atoms with Crippen LogP contribution in [0, 0.1) is 5.92 Å². The van der Waals surface area contributed by atoms with Crippen molar-refractivity contribution < 1.29 is 5.11 Å². The van der Waals surface area contributed by atoms with Crippen molar-refractivity contribution in [1.82, 2.24) is 9.97 Å². The number of nitrogens with one attached hydrogen (secondary N) is 1. The summed E-state index contributed by atoms with van der Waals surface area (Å²) in [5.41, 5.74) is 2.16. The molecule has 1 aliphatic carbocycles.